The van der Waals surface area contributed by atoms with Gasteiger partial charge >= 0.3 is 0 Å². The molecule has 0 aliphatic carbocycles. The number of nitrogens with one attached hydrogen (secondary N) is 1. The first kappa shape index (κ1) is 20.7. The van der Waals surface area contributed by atoms with Crippen LogP contribution in [-0.2, 0) is 20.7 Å². The molecule has 2 amide bonds. The Morgan fingerprint density at radius 3 is 2.45 bits per heavy atom. The van der Waals surface area contributed by atoms with E-state index in [0.29, 0.717) is 49.7 Å². The van der Waals surface area contributed by atoms with Gasteiger partial charge in [-0.25, -0.2) is 4.98 Å². The Hall–Kier alpha value is -3.07. The third-order valence-corrected chi connectivity index (χ3v) is 5.00. The van der Waals surface area contributed by atoms with Gasteiger partial charge in [0, 0.05) is 68.9 Å². The normalized spacial score (nSPS) is 14.1. The number of ether oxygens (including phenoxy) is 1. The number of hydrogen-bond donors (Lipinski definition) is 1. The van der Waals surface area contributed by atoms with E-state index in [-0.39, 0.29) is 30.4 Å². The summed E-state index contributed by atoms with van der Waals surface area (Å²) in [6.07, 6.45) is 3.84. The summed E-state index contributed by atoms with van der Waals surface area (Å²) >= 11 is 0. The minimum Gasteiger partial charge on any atom is -0.375 e. The highest BCUT2D eigenvalue weighted by atomic mass is 16.5. The number of piperazine rings is 1. The molecule has 0 spiro atoms. The predicted molar refractivity (Wildman–Crippen MR) is 106 cm³/mol. The van der Waals surface area contributed by atoms with Gasteiger partial charge in [-0.2, -0.15) is 0 Å². The van der Waals surface area contributed by atoms with Crippen LogP contribution in [0.3, 0.4) is 0 Å². The Morgan fingerprint density at radius 2 is 1.86 bits per heavy atom. The molecule has 1 fully saturated rings. The van der Waals surface area contributed by atoms with Crippen LogP contribution in [-0.4, -0.2) is 76.5 Å². The fourth-order valence-corrected chi connectivity index (χ4v) is 3.35. The van der Waals surface area contributed by atoms with Crippen LogP contribution < -0.4 is 5.56 Å². The van der Waals surface area contributed by atoms with Crippen molar-refractivity contribution in [2.24, 2.45) is 0 Å². The minimum absolute atomic E-state index is 0.0287. The van der Waals surface area contributed by atoms with Crippen molar-refractivity contribution in [1.82, 2.24) is 24.8 Å². The Labute approximate surface area is 168 Å². The van der Waals surface area contributed by atoms with Gasteiger partial charge in [0.2, 0.25) is 11.8 Å². The molecular formula is C20H25N5O4. The number of aromatic amines is 1. The molecule has 2 aromatic heterocycles. The number of amides is 2. The van der Waals surface area contributed by atoms with Gasteiger partial charge in [-0.1, -0.05) is 0 Å². The first-order chi connectivity index (χ1) is 14.0. The van der Waals surface area contributed by atoms with Crippen LogP contribution in [0.15, 0.2) is 29.3 Å². The van der Waals surface area contributed by atoms with Crippen LogP contribution >= 0.6 is 0 Å². The zero-order chi connectivity index (χ0) is 20.8. The first-order valence-corrected chi connectivity index (χ1v) is 9.54. The second kappa shape index (κ2) is 9.42. The van der Waals surface area contributed by atoms with Gasteiger partial charge in [-0.3, -0.25) is 19.4 Å². The molecule has 0 bridgehead atoms. The maximum absolute atomic E-state index is 12.5. The van der Waals surface area contributed by atoms with Gasteiger partial charge < -0.3 is 19.5 Å². The summed E-state index contributed by atoms with van der Waals surface area (Å²) in [5.74, 6) is 0.369. The number of aryl methyl sites for hydroxylation is 1. The van der Waals surface area contributed by atoms with Gasteiger partial charge in [0.1, 0.15) is 12.4 Å². The lowest BCUT2D eigenvalue weighted by Gasteiger charge is -2.34. The van der Waals surface area contributed by atoms with Crippen molar-refractivity contribution in [1.29, 1.82) is 0 Å². The van der Waals surface area contributed by atoms with Crippen molar-refractivity contribution in [3.63, 3.8) is 0 Å². The lowest BCUT2D eigenvalue weighted by molar-refractivity contribution is -0.141. The highest BCUT2D eigenvalue weighted by molar-refractivity contribution is 5.79. The van der Waals surface area contributed by atoms with Crippen LogP contribution in [0.1, 0.15) is 17.7 Å². The van der Waals surface area contributed by atoms with Crippen LogP contribution in [0.25, 0.3) is 11.4 Å². The summed E-state index contributed by atoms with van der Waals surface area (Å²) in [6, 6.07) is 3.60. The number of carbonyl (C=O) groups excluding carboxylic acids is 2. The molecule has 9 nitrogen and oxygen atoms in total. The van der Waals surface area contributed by atoms with E-state index in [2.05, 4.69) is 15.0 Å². The van der Waals surface area contributed by atoms with Gasteiger partial charge in [0.15, 0.2) is 0 Å². The number of aromatic nitrogens is 3. The molecule has 154 valence electrons. The molecule has 0 aromatic carbocycles. The predicted octanol–water partition coefficient (Wildman–Crippen LogP) is 0.390. The maximum atomic E-state index is 12.5. The van der Waals surface area contributed by atoms with Gasteiger partial charge in [-0.15, -0.1) is 0 Å². The quantitative estimate of drug-likeness (QED) is 0.753. The van der Waals surface area contributed by atoms with Crippen LogP contribution in [0.4, 0.5) is 0 Å². The van der Waals surface area contributed by atoms with Crippen molar-refractivity contribution < 1.29 is 14.3 Å². The van der Waals surface area contributed by atoms with Crippen LogP contribution in [0, 0.1) is 6.92 Å². The number of hydrogen-bond acceptors (Lipinski definition) is 6. The Morgan fingerprint density at radius 1 is 1.17 bits per heavy atom. The molecular weight excluding hydrogens is 374 g/mol. The molecule has 29 heavy (non-hydrogen) atoms. The first-order valence-electron chi connectivity index (χ1n) is 9.54. The third kappa shape index (κ3) is 5.05. The summed E-state index contributed by atoms with van der Waals surface area (Å²) in [4.78, 5) is 51.6. The largest absolute Gasteiger partial charge is 0.375 e. The van der Waals surface area contributed by atoms with E-state index in [1.807, 2.05) is 6.07 Å². The topological polar surface area (TPSA) is 108 Å². The average molecular weight is 399 g/mol. The molecule has 1 aliphatic rings. The molecule has 9 heteroatoms. The molecule has 0 radical (unpaired) electrons. The van der Waals surface area contributed by atoms with Gasteiger partial charge in [0.05, 0.1) is 0 Å². The fraction of sp³-hybridized carbons (Fsp3) is 0.450. The Balaban J connectivity index is 1.58. The minimum atomic E-state index is -0.237. The SMILES string of the molecule is COCC(=O)N1CCN(C(=O)CCc2c(C)nc(-c3cccnc3)[nH]c2=O)CC1. The lowest BCUT2D eigenvalue weighted by atomic mass is 10.1. The molecule has 3 rings (SSSR count). The third-order valence-electron chi connectivity index (χ3n) is 5.00. The lowest BCUT2D eigenvalue weighted by Crippen LogP contribution is -2.51. The highest BCUT2D eigenvalue weighted by Gasteiger charge is 2.24. The standard InChI is InChI=1S/C20H25N5O4/c1-14-16(20(28)23-19(22-14)15-4-3-7-21-12-15)5-6-17(26)24-8-10-25(11-9-24)18(27)13-29-2/h3-4,7,12H,5-6,8-11,13H2,1-2H3,(H,22,23,28). The highest BCUT2D eigenvalue weighted by Crippen LogP contribution is 2.14. The number of H-pyrrole nitrogens is 1. The second-order valence-corrected chi connectivity index (χ2v) is 6.91. The summed E-state index contributed by atoms with van der Waals surface area (Å²) in [6.45, 7) is 3.79. The fourth-order valence-electron chi connectivity index (χ4n) is 3.35. The molecule has 1 saturated heterocycles. The Bertz CT molecular complexity index is 920. The van der Waals surface area contributed by atoms with Crippen molar-refractivity contribution in [2.45, 2.75) is 19.8 Å². The average Bonchev–Trinajstić information content (AvgIpc) is 2.73. The van der Waals surface area contributed by atoms with Gasteiger partial charge in [-0.05, 0) is 25.5 Å². The van der Waals surface area contributed by atoms with Crippen LogP contribution in [0.2, 0.25) is 0 Å². The van der Waals surface area contributed by atoms with Gasteiger partial charge in [0.25, 0.3) is 5.56 Å². The summed E-state index contributed by atoms with van der Waals surface area (Å²) in [5.41, 5.74) is 1.62. The molecule has 0 atom stereocenters. The molecule has 1 aliphatic heterocycles. The van der Waals surface area contributed by atoms with E-state index in [4.69, 9.17) is 4.74 Å². The molecule has 0 unspecified atom stereocenters. The van der Waals surface area contributed by atoms with E-state index in [1.165, 1.54) is 7.11 Å². The van der Waals surface area contributed by atoms with Crippen molar-refractivity contribution in [3.05, 3.63) is 46.1 Å². The molecule has 3 heterocycles. The zero-order valence-corrected chi connectivity index (χ0v) is 16.7. The summed E-state index contributed by atoms with van der Waals surface area (Å²) < 4.78 is 4.86. The number of methoxy groups -OCH3 is 1. The molecule has 1 N–H and O–H groups in total. The Kier molecular flexibility index (Phi) is 6.71. The van der Waals surface area contributed by atoms with E-state index in [0.717, 1.165) is 5.56 Å². The number of pyridine rings is 1. The van der Waals surface area contributed by atoms with E-state index < -0.39 is 0 Å². The number of carbonyl (C=O) groups is 2. The van der Waals surface area contributed by atoms with Crippen molar-refractivity contribution in [2.75, 3.05) is 39.9 Å². The van der Waals surface area contributed by atoms with E-state index >= 15 is 0 Å². The summed E-state index contributed by atoms with van der Waals surface area (Å²) in [5, 5.41) is 0. The molecule has 0 saturated carbocycles. The van der Waals surface area contributed by atoms with E-state index in [1.54, 1.807) is 35.2 Å². The summed E-state index contributed by atoms with van der Waals surface area (Å²) in [7, 11) is 1.49. The van der Waals surface area contributed by atoms with Crippen molar-refractivity contribution >= 4 is 11.8 Å². The number of nitrogens with zero attached hydrogens (tertiary/aromatic N) is 4. The van der Waals surface area contributed by atoms with E-state index in [9.17, 15) is 14.4 Å². The second-order valence-electron chi connectivity index (χ2n) is 6.91. The molecule has 2 aromatic rings. The van der Waals surface area contributed by atoms with Crippen LogP contribution in [0.5, 0.6) is 0 Å². The number of rotatable bonds is 6. The van der Waals surface area contributed by atoms with Crippen molar-refractivity contribution in [3.8, 4) is 11.4 Å². The maximum Gasteiger partial charge on any atom is 0.254 e. The smallest absolute Gasteiger partial charge is 0.254 e. The zero-order valence-electron chi connectivity index (χ0n) is 16.7. The monoisotopic (exact) mass is 399 g/mol.